The zero-order valence-electron chi connectivity index (χ0n) is 7.35. The first-order valence-electron chi connectivity index (χ1n) is 4.45. The Balaban J connectivity index is 2.28. The fraction of sp³-hybridized carbons (Fsp3) is 0.167. The fourth-order valence-corrected chi connectivity index (χ4v) is 1.65. The van der Waals surface area contributed by atoms with Gasteiger partial charge in [0, 0.05) is 5.92 Å². The van der Waals surface area contributed by atoms with Gasteiger partial charge < -0.3 is 5.11 Å². The highest BCUT2D eigenvalue weighted by molar-refractivity contribution is 5.40. The number of aliphatic hydroxyl groups excluding tert-OH is 1. The molecule has 1 heteroatoms. The summed E-state index contributed by atoms with van der Waals surface area (Å²) in [5, 5.41) is 9.09. The largest absolute Gasteiger partial charge is 0.392 e. The number of hydrogen-bond acceptors (Lipinski definition) is 1. The van der Waals surface area contributed by atoms with E-state index in [9.17, 15) is 0 Å². The lowest BCUT2D eigenvalue weighted by molar-refractivity contribution is 0.326. The predicted octanol–water partition coefficient (Wildman–Crippen LogP) is 2.26. The van der Waals surface area contributed by atoms with Crippen LogP contribution in [0.5, 0.6) is 0 Å². The van der Waals surface area contributed by atoms with E-state index >= 15 is 0 Å². The molecule has 1 unspecified atom stereocenters. The summed E-state index contributed by atoms with van der Waals surface area (Å²) in [6.45, 7) is 0.145. The molecule has 0 radical (unpaired) electrons. The molecule has 2 rings (SSSR count). The van der Waals surface area contributed by atoms with Gasteiger partial charge in [-0.15, -0.1) is 0 Å². The molecule has 0 saturated heterocycles. The smallest absolute Gasteiger partial charge is 0.0653 e. The Morgan fingerprint density at radius 2 is 1.92 bits per heavy atom. The van der Waals surface area contributed by atoms with Gasteiger partial charge in [0.25, 0.3) is 0 Å². The van der Waals surface area contributed by atoms with Crippen molar-refractivity contribution in [3.05, 3.63) is 59.7 Å². The van der Waals surface area contributed by atoms with Crippen molar-refractivity contribution in [2.24, 2.45) is 0 Å². The van der Waals surface area contributed by atoms with E-state index in [0.29, 0.717) is 0 Å². The van der Waals surface area contributed by atoms with Gasteiger partial charge in [-0.1, -0.05) is 48.6 Å². The van der Waals surface area contributed by atoms with Crippen molar-refractivity contribution in [2.45, 2.75) is 5.92 Å². The van der Waals surface area contributed by atoms with Gasteiger partial charge in [0.05, 0.1) is 6.61 Å². The van der Waals surface area contributed by atoms with Gasteiger partial charge in [0.15, 0.2) is 0 Å². The molecule has 1 aliphatic rings. The van der Waals surface area contributed by atoms with Crippen LogP contribution < -0.4 is 0 Å². The lowest BCUT2D eigenvalue weighted by Crippen LogP contribution is -2.00. The SMILES string of the molecule is OCC1=CC=CC1c1ccccc1. The quantitative estimate of drug-likeness (QED) is 0.725. The van der Waals surface area contributed by atoms with Crippen LogP contribution in [0.4, 0.5) is 0 Å². The van der Waals surface area contributed by atoms with Crippen molar-refractivity contribution in [1.82, 2.24) is 0 Å². The molecule has 0 spiro atoms. The Bertz CT molecular complexity index is 335. The molecule has 0 bridgehead atoms. The minimum atomic E-state index is 0.145. The first kappa shape index (κ1) is 8.27. The van der Waals surface area contributed by atoms with Gasteiger partial charge in [-0.25, -0.2) is 0 Å². The molecule has 0 amide bonds. The van der Waals surface area contributed by atoms with Crippen molar-refractivity contribution in [1.29, 1.82) is 0 Å². The highest BCUT2D eigenvalue weighted by atomic mass is 16.3. The summed E-state index contributed by atoms with van der Waals surface area (Å²) >= 11 is 0. The highest BCUT2D eigenvalue weighted by Crippen LogP contribution is 2.29. The Morgan fingerprint density at radius 1 is 1.15 bits per heavy atom. The van der Waals surface area contributed by atoms with E-state index in [1.54, 1.807) is 0 Å². The van der Waals surface area contributed by atoms with Crippen molar-refractivity contribution in [2.75, 3.05) is 6.61 Å². The minimum absolute atomic E-state index is 0.145. The van der Waals surface area contributed by atoms with Crippen LogP contribution in [0.2, 0.25) is 0 Å². The normalized spacial score (nSPS) is 20.4. The van der Waals surface area contributed by atoms with Gasteiger partial charge in [-0.2, -0.15) is 0 Å². The molecule has 1 atom stereocenters. The monoisotopic (exact) mass is 172 g/mol. The molecule has 1 aromatic rings. The number of allylic oxidation sites excluding steroid dienone is 3. The minimum Gasteiger partial charge on any atom is -0.392 e. The van der Waals surface area contributed by atoms with Crippen LogP contribution >= 0.6 is 0 Å². The zero-order chi connectivity index (χ0) is 9.10. The molecular formula is C12H12O. The second-order valence-corrected chi connectivity index (χ2v) is 3.17. The third kappa shape index (κ3) is 1.56. The lowest BCUT2D eigenvalue weighted by Gasteiger charge is -2.11. The summed E-state index contributed by atoms with van der Waals surface area (Å²) in [4.78, 5) is 0. The van der Waals surface area contributed by atoms with E-state index < -0.39 is 0 Å². The van der Waals surface area contributed by atoms with E-state index in [4.69, 9.17) is 5.11 Å². The molecule has 0 heterocycles. The summed E-state index contributed by atoms with van der Waals surface area (Å²) < 4.78 is 0. The third-order valence-corrected chi connectivity index (χ3v) is 2.35. The summed E-state index contributed by atoms with van der Waals surface area (Å²) in [6, 6.07) is 10.2. The average Bonchev–Trinajstić information content (AvgIpc) is 2.67. The molecule has 1 aromatic carbocycles. The number of benzene rings is 1. The maximum absolute atomic E-state index is 9.09. The Labute approximate surface area is 78.0 Å². The topological polar surface area (TPSA) is 20.2 Å². The van der Waals surface area contributed by atoms with Crippen LogP contribution in [0, 0.1) is 0 Å². The van der Waals surface area contributed by atoms with Crippen LogP contribution in [0.1, 0.15) is 11.5 Å². The fourth-order valence-electron chi connectivity index (χ4n) is 1.65. The maximum Gasteiger partial charge on any atom is 0.0653 e. The van der Waals surface area contributed by atoms with Gasteiger partial charge in [-0.05, 0) is 11.1 Å². The summed E-state index contributed by atoms with van der Waals surface area (Å²) in [5.41, 5.74) is 2.32. The summed E-state index contributed by atoms with van der Waals surface area (Å²) in [7, 11) is 0. The highest BCUT2D eigenvalue weighted by Gasteiger charge is 2.14. The maximum atomic E-state index is 9.09. The second-order valence-electron chi connectivity index (χ2n) is 3.17. The van der Waals surface area contributed by atoms with Crippen molar-refractivity contribution < 1.29 is 5.11 Å². The van der Waals surface area contributed by atoms with Gasteiger partial charge in [-0.3, -0.25) is 0 Å². The Morgan fingerprint density at radius 3 is 2.62 bits per heavy atom. The van der Waals surface area contributed by atoms with E-state index in [-0.39, 0.29) is 12.5 Å². The van der Waals surface area contributed by atoms with Gasteiger partial charge >= 0.3 is 0 Å². The molecule has 0 aromatic heterocycles. The van der Waals surface area contributed by atoms with E-state index in [1.165, 1.54) is 5.56 Å². The predicted molar refractivity (Wildman–Crippen MR) is 53.5 cm³/mol. The lowest BCUT2D eigenvalue weighted by atomic mass is 9.94. The Kier molecular flexibility index (Phi) is 2.28. The van der Waals surface area contributed by atoms with Crippen LogP contribution in [-0.2, 0) is 0 Å². The van der Waals surface area contributed by atoms with Gasteiger partial charge in [0.1, 0.15) is 0 Å². The van der Waals surface area contributed by atoms with Crippen LogP contribution in [0.15, 0.2) is 54.1 Å². The number of aliphatic hydroxyl groups is 1. The molecule has 1 aliphatic carbocycles. The average molecular weight is 172 g/mol. The molecule has 0 fully saturated rings. The first-order valence-corrected chi connectivity index (χ1v) is 4.45. The van der Waals surface area contributed by atoms with Crippen molar-refractivity contribution >= 4 is 0 Å². The van der Waals surface area contributed by atoms with E-state index in [0.717, 1.165) is 5.57 Å². The van der Waals surface area contributed by atoms with Crippen molar-refractivity contribution in [3.63, 3.8) is 0 Å². The number of rotatable bonds is 2. The molecule has 0 saturated carbocycles. The summed E-state index contributed by atoms with van der Waals surface area (Å²) in [5.74, 6) is 0.284. The van der Waals surface area contributed by atoms with Gasteiger partial charge in [0.2, 0.25) is 0 Å². The summed E-state index contributed by atoms with van der Waals surface area (Å²) in [6.07, 6.45) is 6.10. The third-order valence-electron chi connectivity index (χ3n) is 2.35. The molecule has 0 aliphatic heterocycles. The van der Waals surface area contributed by atoms with Crippen molar-refractivity contribution in [3.8, 4) is 0 Å². The second kappa shape index (κ2) is 3.58. The first-order chi connectivity index (χ1) is 6.42. The molecule has 13 heavy (non-hydrogen) atoms. The standard InChI is InChI=1S/C12H12O/c13-9-11-7-4-8-12(11)10-5-2-1-3-6-10/h1-8,12-13H,9H2. The van der Waals surface area contributed by atoms with Crippen LogP contribution in [0.25, 0.3) is 0 Å². The van der Waals surface area contributed by atoms with E-state index in [2.05, 4.69) is 18.2 Å². The Hall–Kier alpha value is -1.34. The zero-order valence-corrected chi connectivity index (χ0v) is 7.35. The van der Waals surface area contributed by atoms with Crippen LogP contribution in [-0.4, -0.2) is 11.7 Å². The molecule has 1 nitrogen and oxygen atoms in total. The molecular weight excluding hydrogens is 160 g/mol. The van der Waals surface area contributed by atoms with Crippen LogP contribution in [0.3, 0.4) is 0 Å². The van der Waals surface area contributed by atoms with E-state index in [1.807, 2.05) is 30.4 Å². The number of hydrogen-bond donors (Lipinski definition) is 1. The molecule has 66 valence electrons. The molecule has 1 N–H and O–H groups in total.